The van der Waals surface area contributed by atoms with Crippen LogP contribution >= 0.6 is 0 Å². The number of alkyl carbamates (subject to hydrolysis) is 2. The number of nitrogen functional groups attached to an aromatic ring is 1. The lowest BCUT2D eigenvalue weighted by Crippen LogP contribution is -2.57. The maximum atomic E-state index is 15.0. The fourth-order valence-electron chi connectivity index (χ4n) is 11.9. The van der Waals surface area contributed by atoms with Gasteiger partial charge in [-0.1, -0.05) is 58.1 Å². The number of anilines is 1. The largest absolute Gasteiger partial charge is 0.447 e. The van der Waals surface area contributed by atoms with Crippen LogP contribution in [0.15, 0.2) is 64.7 Å². The second-order valence-electron chi connectivity index (χ2n) is 20.7. The number of carbonyl (C=O) groups is 2. The number of halogens is 2. The van der Waals surface area contributed by atoms with Crippen molar-refractivity contribution >= 4 is 18.0 Å². The van der Waals surface area contributed by atoms with Gasteiger partial charge >= 0.3 is 23.8 Å². The summed E-state index contributed by atoms with van der Waals surface area (Å²) in [5.74, 6) is -2.62. The minimum Gasteiger partial charge on any atom is -0.447 e. The van der Waals surface area contributed by atoms with Gasteiger partial charge in [-0.05, 0) is 135 Å². The van der Waals surface area contributed by atoms with E-state index in [9.17, 15) is 29.7 Å². The van der Waals surface area contributed by atoms with Gasteiger partial charge in [0.1, 0.15) is 24.6 Å². The molecule has 14 nitrogen and oxygen atoms in total. The lowest BCUT2D eigenvalue weighted by Gasteiger charge is -2.46. The average molecular weight is 884 g/mol. The Kier molecular flexibility index (Phi) is 13.4. The highest BCUT2D eigenvalue weighted by Crippen LogP contribution is 2.59. The van der Waals surface area contributed by atoms with Crippen LogP contribution in [0.25, 0.3) is 0 Å². The van der Waals surface area contributed by atoms with Gasteiger partial charge < -0.3 is 45.9 Å². The minimum atomic E-state index is -3.90. The Hall–Kier alpha value is -4.12. The van der Waals surface area contributed by atoms with Crippen molar-refractivity contribution in [3.63, 3.8) is 0 Å². The van der Waals surface area contributed by atoms with Gasteiger partial charge in [0.25, 0.3) is 0 Å². The number of nitrogens with zero attached hydrogens (tertiary/aromatic N) is 2. The molecule has 6 aliphatic rings. The number of amides is 2. The van der Waals surface area contributed by atoms with Crippen molar-refractivity contribution in [2.75, 3.05) is 12.3 Å². The Morgan fingerprint density at radius 3 is 2.56 bits per heavy atom. The zero-order valence-electron chi connectivity index (χ0n) is 37.2. The van der Waals surface area contributed by atoms with E-state index in [1.165, 1.54) is 5.57 Å². The van der Waals surface area contributed by atoms with Gasteiger partial charge in [-0.3, -0.25) is 4.57 Å². The third-order valence-electron chi connectivity index (χ3n) is 14.8. The third-order valence-corrected chi connectivity index (χ3v) is 14.8. The van der Waals surface area contributed by atoms with Gasteiger partial charge in [0.05, 0.1) is 12.2 Å². The Bertz CT molecular complexity index is 2050. The molecule has 5 saturated carbocycles. The van der Waals surface area contributed by atoms with Crippen LogP contribution in [0.2, 0.25) is 0 Å². The van der Waals surface area contributed by atoms with E-state index in [4.69, 9.17) is 19.9 Å². The van der Waals surface area contributed by atoms with Crippen LogP contribution in [-0.4, -0.2) is 91.7 Å². The minimum absolute atomic E-state index is 0.129. The Balaban J connectivity index is 0.925. The highest BCUT2D eigenvalue weighted by molar-refractivity contribution is 5.69. The van der Waals surface area contributed by atoms with Gasteiger partial charge in [0, 0.05) is 24.2 Å². The molecule has 7 rings (SSSR count). The summed E-state index contributed by atoms with van der Waals surface area (Å²) in [7, 11) is 0. The number of rotatable bonds is 11. The van der Waals surface area contributed by atoms with Crippen LogP contribution < -0.4 is 22.1 Å². The molecule has 1 aromatic rings. The number of aliphatic hydroxyl groups excluding tert-OH is 3. The summed E-state index contributed by atoms with van der Waals surface area (Å²) in [6, 6.07) is 0.795. The van der Waals surface area contributed by atoms with E-state index in [0.29, 0.717) is 54.1 Å². The molecule has 2 amide bonds. The Morgan fingerprint density at radius 2 is 1.84 bits per heavy atom. The lowest BCUT2D eigenvalue weighted by atomic mass is 9.61. The molecule has 63 heavy (non-hydrogen) atoms. The van der Waals surface area contributed by atoms with Crippen LogP contribution in [0.3, 0.4) is 0 Å². The second kappa shape index (κ2) is 18.0. The van der Waals surface area contributed by atoms with Gasteiger partial charge in [-0.2, -0.15) is 13.8 Å². The maximum Gasteiger partial charge on any atom is 0.407 e. The van der Waals surface area contributed by atoms with E-state index >= 15 is 8.78 Å². The number of aliphatic hydroxyl groups is 3. The molecule has 0 bridgehead atoms. The third kappa shape index (κ3) is 10.4. The van der Waals surface area contributed by atoms with E-state index in [1.807, 2.05) is 20.8 Å². The summed E-state index contributed by atoms with van der Waals surface area (Å²) >= 11 is 0. The summed E-state index contributed by atoms with van der Waals surface area (Å²) in [6.45, 7) is 14.0. The number of hydrogen-bond acceptors (Lipinski definition) is 11. The molecule has 7 N–H and O–H groups in total. The van der Waals surface area contributed by atoms with E-state index < -0.39 is 66.6 Å². The highest BCUT2D eigenvalue weighted by Gasteiger charge is 2.60. The number of alkyl halides is 2. The molecular weight excluding hydrogens is 817 g/mol. The van der Waals surface area contributed by atoms with Crippen molar-refractivity contribution < 1.29 is 47.9 Å². The van der Waals surface area contributed by atoms with E-state index in [1.54, 1.807) is 0 Å². The van der Waals surface area contributed by atoms with Gasteiger partial charge in [0.2, 0.25) is 6.23 Å². The first-order valence-corrected chi connectivity index (χ1v) is 22.7. The summed E-state index contributed by atoms with van der Waals surface area (Å²) in [5, 5.41) is 36.9. The molecule has 16 heteroatoms. The van der Waals surface area contributed by atoms with Gasteiger partial charge in [0.15, 0.2) is 6.10 Å². The lowest BCUT2D eigenvalue weighted by molar-refractivity contribution is -0.140. The number of carbonyl (C=O) groups excluding carboxylic acids is 2. The van der Waals surface area contributed by atoms with Crippen molar-refractivity contribution in [1.29, 1.82) is 0 Å². The molecule has 1 saturated heterocycles. The normalized spacial score (nSPS) is 37.4. The fraction of sp³-hybridized carbons (Fsp3) is 0.702. The van der Waals surface area contributed by atoms with Crippen molar-refractivity contribution in [3.05, 3.63) is 70.3 Å². The number of nitrogens with one attached hydrogen (secondary N) is 2. The summed E-state index contributed by atoms with van der Waals surface area (Å²) < 4.78 is 47.3. The molecule has 0 aromatic carbocycles. The molecule has 2 heterocycles. The quantitative estimate of drug-likeness (QED) is 0.130. The fourth-order valence-corrected chi connectivity index (χ4v) is 11.9. The monoisotopic (exact) mass is 883 g/mol. The van der Waals surface area contributed by atoms with E-state index in [2.05, 4.69) is 60.3 Å². The molecule has 8 unspecified atom stereocenters. The zero-order chi connectivity index (χ0) is 45.6. The van der Waals surface area contributed by atoms with Gasteiger partial charge in [-0.15, -0.1) is 0 Å². The number of aromatic nitrogens is 2. The smallest absolute Gasteiger partial charge is 0.407 e. The highest BCUT2D eigenvalue weighted by atomic mass is 19.3. The molecule has 0 radical (unpaired) electrons. The Morgan fingerprint density at radius 1 is 1.10 bits per heavy atom. The number of allylic oxidation sites excluding steroid dienone is 4. The molecule has 348 valence electrons. The van der Waals surface area contributed by atoms with Crippen molar-refractivity contribution in [3.8, 4) is 0 Å². The first-order valence-electron chi connectivity index (χ1n) is 22.7. The van der Waals surface area contributed by atoms with Crippen LogP contribution in [0.1, 0.15) is 118 Å². The van der Waals surface area contributed by atoms with Crippen molar-refractivity contribution in [2.45, 2.75) is 166 Å². The first-order chi connectivity index (χ1) is 29.6. The molecule has 1 aromatic heterocycles. The second-order valence-corrected chi connectivity index (χ2v) is 20.7. The SMILES string of the molecule is C=C1/C(=C\C=C2/CCC[C@@]3(C)C2CCC3[C@@H](C)/C=C/C(OC(=O)NC2CC(C)(C)CC(C)(NC(=O)OCC3OC(n4ccc(N)nc4=O)C(F)(F)C3O)C2)C2CC2)C[C@@H](O)C[C@@H]1O. The van der Waals surface area contributed by atoms with Crippen molar-refractivity contribution in [1.82, 2.24) is 20.2 Å². The average Bonchev–Trinajstić information content (AvgIpc) is 3.92. The van der Waals surface area contributed by atoms with Crippen LogP contribution in [-0.2, 0) is 14.2 Å². The number of ether oxygens (including phenoxy) is 3. The standard InChI is InChI=1S/C47H67F2N5O9/c1-26(33-14-15-34-28(8-7-18-46(33,34)6)10-13-30-20-32(55)21-35(56)27(30)2)9-16-36(29-11-12-29)63-42(59)51-31-22-44(3,4)25-45(5,23-31)53-43(60)61-24-37-39(57)47(48,49)40(62-37)54-19-17-38(50)52-41(54)58/h9-10,13,16-17,19,26,29,31-37,39-40,55-57H,2,7-8,11-12,14-15,18,20-25H2,1,3-6H3,(H,51,59)(H,53,60)(H2,50,52,58)/b16-9+,28-10+,30-13-/t26-,31?,32+,33?,34?,35-,36?,37?,39?,40?,45?,46+/m0/s1. The number of nitrogens with two attached hydrogens (primary N) is 1. The topological polar surface area (TPSA) is 207 Å². The number of fused-ring (bicyclic) bond motifs is 1. The van der Waals surface area contributed by atoms with Crippen molar-refractivity contribution in [2.24, 2.45) is 34.5 Å². The predicted molar refractivity (Wildman–Crippen MR) is 231 cm³/mol. The van der Waals surface area contributed by atoms with Gasteiger partial charge in [-0.25, -0.2) is 14.4 Å². The molecule has 12 atom stereocenters. The summed E-state index contributed by atoms with van der Waals surface area (Å²) in [6.07, 6.45) is 10.2. The van der Waals surface area contributed by atoms with Crippen LogP contribution in [0.4, 0.5) is 24.2 Å². The molecule has 5 aliphatic carbocycles. The molecule has 6 fully saturated rings. The molecular formula is C47H67F2N5O9. The zero-order valence-corrected chi connectivity index (χ0v) is 37.2. The Labute approximate surface area is 368 Å². The van der Waals surface area contributed by atoms with Crippen LogP contribution in [0.5, 0.6) is 0 Å². The molecule has 1 aliphatic heterocycles. The van der Waals surface area contributed by atoms with E-state index in [0.717, 1.165) is 62.8 Å². The predicted octanol–water partition coefficient (Wildman–Crippen LogP) is 6.62. The van der Waals surface area contributed by atoms with E-state index in [-0.39, 0.29) is 40.6 Å². The number of hydrogen-bond donors (Lipinski definition) is 6. The summed E-state index contributed by atoms with van der Waals surface area (Å²) in [5.41, 5.74) is 6.41. The first kappa shape index (κ1) is 46.9. The van der Waals surface area contributed by atoms with Crippen LogP contribution in [0, 0.1) is 34.5 Å². The molecule has 0 spiro atoms. The summed E-state index contributed by atoms with van der Waals surface area (Å²) in [4.78, 5) is 42.4. The maximum absolute atomic E-state index is 15.0.